The number of carbonyl (C=O) groups is 1. The van der Waals surface area contributed by atoms with Crippen molar-refractivity contribution in [1.82, 2.24) is 14.9 Å². The Morgan fingerprint density at radius 1 is 1.20 bits per heavy atom. The first-order valence-corrected chi connectivity index (χ1v) is 8.37. The predicted octanol–water partition coefficient (Wildman–Crippen LogP) is 3.19. The van der Waals surface area contributed by atoms with Crippen LogP contribution in [0.5, 0.6) is 5.75 Å². The summed E-state index contributed by atoms with van der Waals surface area (Å²) in [5.74, 6) is 0.797. The van der Waals surface area contributed by atoms with Crippen molar-refractivity contribution in [3.8, 4) is 5.75 Å². The molecule has 2 aromatic carbocycles. The molecule has 0 bridgehead atoms. The van der Waals surface area contributed by atoms with E-state index in [1.807, 2.05) is 59.3 Å². The van der Waals surface area contributed by atoms with Gasteiger partial charge in [0.25, 0.3) is 5.91 Å². The fourth-order valence-electron chi connectivity index (χ4n) is 3.09. The number of benzene rings is 2. The van der Waals surface area contributed by atoms with E-state index in [-0.39, 0.29) is 11.9 Å². The zero-order valence-corrected chi connectivity index (χ0v) is 13.8. The van der Waals surface area contributed by atoms with Crippen LogP contribution in [0.15, 0.2) is 67.3 Å². The van der Waals surface area contributed by atoms with Crippen molar-refractivity contribution in [3.05, 3.63) is 83.9 Å². The van der Waals surface area contributed by atoms with E-state index in [2.05, 4.69) is 10.3 Å². The first-order chi connectivity index (χ1) is 12.3. The van der Waals surface area contributed by atoms with Crippen LogP contribution in [0.4, 0.5) is 0 Å². The van der Waals surface area contributed by atoms with Crippen molar-refractivity contribution in [3.63, 3.8) is 0 Å². The summed E-state index contributed by atoms with van der Waals surface area (Å²) in [6.07, 6.45) is 6.24. The standard InChI is InChI=1S/C20H19N3O2/c24-20(22-18-9-12-25-19-4-2-1-3-17(18)19)16-7-5-15(6-8-16)13-23-11-10-21-14-23/h1-8,10-11,14,18H,9,12-13H2,(H,22,24)/t18-/m1/s1. The number of hydrogen-bond donors (Lipinski definition) is 1. The molecule has 0 radical (unpaired) electrons. The van der Waals surface area contributed by atoms with Gasteiger partial charge >= 0.3 is 0 Å². The third-order valence-electron chi connectivity index (χ3n) is 4.40. The molecule has 3 aromatic rings. The number of imidazole rings is 1. The van der Waals surface area contributed by atoms with Gasteiger partial charge in [0.05, 0.1) is 19.0 Å². The zero-order valence-electron chi connectivity index (χ0n) is 13.8. The smallest absolute Gasteiger partial charge is 0.251 e. The minimum Gasteiger partial charge on any atom is -0.493 e. The number of aromatic nitrogens is 2. The molecule has 1 amide bonds. The number of fused-ring (bicyclic) bond motifs is 1. The van der Waals surface area contributed by atoms with Crippen LogP contribution < -0.4 is 10.1 Å². The molecule has 1 aromatic heterocycles. The molecule has 2 heterocycles. The molecule has 0 saturated heterocycles. The summed E-state index contributed by atoms with van der Waals surface area (Å²) in [4.78, 5) is 16.6. The molecular weight excluding hydrogens is 314 g/mol. The maximum atomic E-state index is 12.6. The van der Waals surface area contributed by atoms with Crippen LogP contribution in [0.25, 0.3) is 0 Å². The SMILES string of the molecule is O=C(N[C@@H]1CCOc2ccccc21)c1ccc(Cn2ccnc2)cc1. The number of carbonyl (C=O) groups excluding carboxylic acids is 1. The Balaban J connectivity index is 1.45. The van der Waals surface area contributed by atoms with Gasteiger partial charge in [0.15, 0.2) is 0 Å². The second-order valence-electron chi connectivity index (χ2n) is 6.13. The molecule has 5 heteroatoms. The molecule has 1 aliphatic heterocycles. The van der Waals surface area contributed by atoms with Crippen LogP contribution >= 0.6 is 0 Å². The van der Waals surface area contributed by atoms with E-state index in [0.717, 1.165) is 29.8 Å². The molecule has 25 heavy (non-hydrogen) atoms. The van der Waals surface area contributed by atoms with Gasteiger partial charge in [-0.1, -0.05) is 30.3 Å². The van der Waals surface area contributed by atoms with Gasteiger partial charge in [0.2, 0.25) is 0 Å². The summed E-state index contributed by atoms with van der Waals surface area (Å²) in [5, 5.41) is 3.12. The summed E-state index contributed by atoms with van der Waals surface area (Å²) in [6.45, 7) is 1.36. The fourth-order valence-corrected chi connectivity index (χ4v) is 3.09. The van der Waals surface area contributed by atoms with Gasteiger partial charge in [0, 0.05) is 36.5 Å². The molecule has 0 fully saturated rings. The Morgan fingerprint density at radius 2 is 2.04 bits per heavy atom. The topological polar surface area (TPSA) is 56.1 Å². The molecule has 0 aliphatic carbocycles. The highest BCUT2D eigenvalue weighted by atomic mass is 16.5. The number of rotatable bonds is 4. The van der Waals surface area contributed by atoms with E-state index >= 15 is 0 Å². The Hall–Kier alpha value is -3.08. The van der Waals surface area contributed by atoms with E-state index in [1.54, 1.807) is 12.5 Å². The van der Waals surface area contributed by atoms with Gasteiger partial charge in [-0.3, -0.25) is 4.79 Å². The summed E-state index contributed by atoms with van der Waals surface area (Å²) >= 11 is 0. The van der Waals surface area contributed by atoms with Crippen LogP contribution in [0.3, 0.4) is 0 Å². The second kappa shape index (κ2) is 6.81. The van der Waals surface area contributed by atoms with Gasteiger partial charge in [0.1, 0.15) is 5.75 Å². The molecule has 1 aliphatic rings. The lowest BCUT2D eigenvalue weighted by molar-refractivity contribution is 0.0925. The first kappa shape index (κ1) is 15.4. The number of para-hydroxylation sites is 1. The van der Waals surface area contributed by atoms with E-state index in [0.29, 0.717) is 12.2 Å². The number of nitrogens with one attached hydrogen (secondary N) is 1. The zero-order chi connectivity index (χ0) is 17.1. The lowest BCUT2D eigenvalue weighted by Crippen LogP contribution is -2.32. The van der Waals surface area contributed by atoms with E-state index in [9.17, 15) is 4.79 Å². The molecule has 1 N–H and O–H groups in total. The van der Waals surface area contributed by atoms with Crippen LogP contribution in [0.1, 0.15) is 33.9 Å². The minimum absolute atomic E-state index is 0.0110. The van der Waals surface area contributed by atoms with Crippen molar-refractivity contribution in [2.75, 3.05) is 6.61 Å². The highest BCUT2D eigenvalue weighted by Crippen LogP contribution is 2.31. The summed E-state index contributed by atoms with van der Waals surface area (Å²) in [7, 11) is 0. The van der Waals surface area contributed by atoms with Crippen molar-refractivity contribution < 1.29 is 9.53 Å². The highest BCUT2D eigenvalue weighted by Gasteiger charge is 2.22. The van der Waals surface area contributed by atoms with Crippen LogP contribution in [0.2, 0.25) is 0 Å². The lowest BCUT2D eigenvalue weighted by Gasteiger charge is -2.26. The van der Waals surface area contributed by atoms with E-state index in [1.165, 1.54) is 0 Å². The second-order valence-corrected chi connectivity index (χ2v) is 6.13. The largest absolute Gasteiger partial charge is 0.493 e. The van der Waals surface area contributed by atoms with Gasteiger partial charge in [-0.25, -0.2) is 4.98 Å². The lowest BCUT2D eigenvalue weighted by atomic mass is 10.00. The summed E-state index contributed by atoms with van der Waals surface area (Å²) < 4.78 is 7.64. The molecule has 5 nitrogen and oxygen atoms in total. The number of ether oxygens (including phenoxy) is 1. The number of hydrogen-bond acceptors (Lipinski definition) is 3. The average Bonchev–Trinajstić information content (AvgIpc) is 3.16. The summed E-state index contributed by atoms with van der Waals surface area (Å²) in [6, 6.07) is 15.5. The van der Waals surface area contributed by atoms with Crippen molar-refractivity contribution in [2.45, 2.75) is 19.0 Å². The maximum absolute atomic E-state index is 12.6. The van der Waals surface area contributed by atoms with Crippen molar-refractivity contribution in [1.29, 1.82) is 0 Å². The average molecular weight is 333 g/mol. The molecular formula is C20H19N3O2. The molecule has 0 saturated carbocycles. The van der Waals surface area contributed by atoms with Crippen molar-refractivity contribution >= 4 is 5.91 Å². The van der Waals surface area contributed by atoms with Gasteiger partial charge in [-0.05, 0) is 23.8 Å². The van der Waals surface area contributed by atoms with Crippen LogP contribution in [-0.4, -0.2) is 22.1 Å². The van der Waals surface area contributed by atoms with E-state index in [4.69, 9.17) is 4.74 Å². The molecule has 0 spiro atoms. The monoisotopic (exact) mass is 333 g/mol. The number of amides is 1. The van der Waals surface area contributed by atoms with Gasteiger partial charge < -0.3 is 14.6 Å². The maximum Gasteiger partial charge on any atom is 0.251 e. The van der Waals surface area contributed by atoms with Gasteiger partial charge in [-0.2, -0.15) is 0 Å². The minimum atomic E-state index is -0.0594. The van der Waals surface area contributed by atoms with Crippen LogP contribution in [-0.2, 0) is 6.54 Å². The molecule has 1 atom stereocenters. The molecule has 126 valence electrons. The van der Waals surface area contributed by atoms with Crippen molar-refractivity contribution in [2.24, 2.45) is 0 Å². The predicted molar refractivity (Wildman–Crippen MR) is 94.5 cm³/mol. The number of nitrogens with zero attached hydrogens (tertiary/aromatic N) is 2. The van der Waals surface area contributed by atoms with E-state index < -0.39 is 0 Å². The van der Waals surface area contributed by atoms with Gasteiger partial charge in [-0.15, -0.1) is 0 Å². The quantitative estimate of drug-likeness (QED) is 0.798. The van der Waals surface area contributed by atoms with Crippen LogP contribution in [0, 0.1) is 0 Å². The Kier molecular flexibility index (Phi) is 4.21. The Bertz CT molecular complexity index is 857. The molecule has 4 rings (SSSR count). The highest BCUT2D eigenvalue weighted by molar-refractivity contribution is 5.94. The summed E-state index contributed by atoms with van der Waals surface area (Å²) in [5.41, 5.74) is 2.84. The fraction of sp³-hybridized carbons (Fsp3) is 0.200. The molecule has 0 unspecified atom stereocenters. The first-order valence-electron chi connectivity index (χ1n) is 8.37. The Labute approximate surface area is 146 Å². The normalized spacial score (nSPS) is 15.9. The third-order valence-corrected chi connectivity index (χ3v) is 4.40. The Morgan fingerprint density at radius 3 is 2.84 bits per heavy atom. The third kappa shape index (κ3) is 3.40.